The van der Waals surface area contributed by atoms with Gasteiger partial charge in [-0.25, -0.2) is 0 Å². The molecule has 0 aromatic carbocycles. The molecule has 1 saturated heterocycles. The van der Waals surface area contributed by atoms with E-state index in [-0.39, 0.29) is 0 Å². The van der Waals surface area contributed by atoms with Crippen molar-refractivity contribution < 1.29 is 4.74 Å². The van der Waals surface area contributed by atoms with Crippen molar-refractivity contribution in [1.82, 2.24) is 10.3 Å². The van der Waals surface area contributed by atoms with Crippen molar-refractivity contribution in [2.75, 3.05) is 6.61 Å². The van der Waals surface area contributed by atoms with Gasteiger partial charge in [-0.05, 0) is 37.8 Å². The molecule has 0 saturated carbocycles. The van der Waals surface area contributed by atoms with Gasteiger partial charge in [-0.3, -0.25) is 4.98 Å². The van der Waals surface area contributed by atoms with E-state index in [4.69, 9.17) is 4.74 Å². The summed E-state index contributed by atoms with van der Waals surface area (Å²) in [6.45, 7) is 6.05. The number of hydrogen-bond acceptors (Lipinski definition) is 3. The van der Waals surface area contributed by atoms with Gasteiger partial charge in [0.15, 0.2) is 0 Å². The summed E-state index contributed by atoms with van der Waals surface area (Å²) in [6, 6.07) is 2.59. The van der Waals surface area contributed by atoms with Crippen LogP contribution in [0.15, 0.2) is 18.5 Å². The Hall–Kier alpha value is -0.930. The van der Waals surface area contributed by atoms with Crippen molar-refractivity contribution in [3.05, 3.63) is 29.6 Å². The third-order valence-corrected chi connectivity index (χ3v) is 3.08. The highest BCUT2D eigenvalue weighted by Crippen LogP contribution is 2.15. The zero-order valence-electron chi connectivity index (χ0n) is 10.1. The third-order valence-electron chi connectivity index (χ3n) is 3.08. The van der Waals surface area contributed by atoms with Gasteiger partial charge in [-0.15, -0.1) is 0 Å². The van der Waals surface area contributed by atoms with Crippen LogP contribution in [-0.4, -0.2) is 23.7 Å². The highest BCUT2D eigenvalue weighted by atomic mass is 16.5. The molecule has 0 bridgehead atoms. The van der Waals surface area contributed by atoms with E-state index in [9.17, 15) is 0 Å². The Morgan fingerprint density at radius 1 is 1.56 bits per heavy atom. The summed E-state index contributed by atoms with van der Waals surface area (Å²) in [7, 11) is 0. The largest absolute Gasteiger partial charge is 0.377 e. The van der Waals surface area contributed by atoms with Crippen LogP contribution in [0.4, 0.5) is 0 Å². The Morgan fingerprint density at radius 2 is 2.44 bits per heavy atom. The minimum atomic E-state index is 0.387. The van der Waals surface area contributed by atoms with Crippen LogP contribution in [0, 0.1) is 6.92 Å². The van der Waals surface area contributed by atoms with E-state index in [0.29, 0.717) is 12.1 Å². The molecule has 2 atom stereocenters. The standard InChI is InChI=1S/C13H20N2O/c1-10-6-12(8-14-7-10)9-15-11(2)13-4-3-5-16-13/h6-8,11,13,15H,3-5,9H2,1-2H3. The normalized spacial score (nSPS) is 22.2. The van der Waals surface area contributed by atoms with E-state index in [1.165, 1.54) is 24.0 Å². The average Bonchev–Trinajstić information content (AvgIpc) is 2.79. The maximum atomic E-state index is 5.65. The van der Waals surface area contributed by atoms with E-state index in [0.717, 1.165) is 13.2 Å². The van der Waals surface area contributed by atoms with Crippen molar-refractivity contribution in [3.8, 4) is 0 Å². The lowest BCUT2D eigenvalue weighted by molar-refractivity contribution is 0.0832. The van der Waals surface area contributed by atoms with Crippen LogP contribution in [-0.2, 0) is 11.3 Å². The second kappa shape index (κ2) is 5.41. The second-order valence-corrected chi connectivity index (χ2v) is 4.59. The summed E-state index contributed by atoms with van der Waals surface area (Å²) in [5.41, 5.74) is 2.45. The summed E-state index contributed by atoms with van der Waals surface area (Å²) >= 11 is 0. The second-order valence-electron chi connectivity index (χ2n) is 4.59. The molecular weight excluding hydrogens is 200 g/mol. The SMILES string of the molecule is Cc1cncc(CNC(C)C2CCCO2)c1. The van der Waals surface area contributed by atoms with Gasteiger partial charge in [0.1, 0.15) is 0 Å². The summed E-state index contributed by atoms with van der Waals surface area (Å²) < 4.78 is 5.65. The molecule has 2 heterocycles. The molecule has 3 nitrogen and oxygen atoms in total. The highest BCUT2D eigenvalue weighted by molar-refractivity contribution is 5.16. The van der Waals surface area contributed by atoms with Gasteiger partial charge in [-0.1, -0.05) is 6.07 Å². The maximum Gasteiger partial charge on any atom is 0.0726 e. The number of hydrogen-bond donors (Lipinski definition) is 1. The van der Waals surface area contributed by atoms with E-state index < -0.39 is 0 Å². The maximum absolute atomic E-state index is 5.65. The first-order chi connectivity index (χ1) is 7.75. The van der Waals surface area contributed by atoms with Crippen molar-refractivity contribution >= 4 is 0 Å². The van der Waals surface area contributed by atoms with Crippen molar-refractivity contribution in [3.63, 3.8) is 0 Å². The minimum Gasteiger partial charge on any atom is -0.377 e. The van der Waals surface area contributed by atoms with Gasteiger partial charge >= 0.3 is 0 Å². The lowest BCUT2D eigenvalue weighted by Gasteiger charge is -2.20. The Morgan fingerprint density at radius 3 is 3.12 bits per heavy atom. The summed E-state index contributed by atoms with van der Waals surface area (Å²) in [5.74, 6) is 0. The van der Waals surface area contributed by atoms with Gasteiger partial charge in [-0.2, -0.15) is 0 Å². The molecule has 16 heavy (non-hydrogen) atoms. The Bertz CT molecular complexity index is 334. The Balaban J connectivity index is 1.82. The van der Waals surface area contributed by atoms with Crippen LogP contribution in [0.5, 0.6) is 0 Å². The van der Waals surface area contributed by atoms with Gasteiger partial charge < -0.3 is 10.1 Å². The van der Waals surface area contributed by atoms with Gasteiger partial charge in [0, 0.05) is 31.6 Å². The van der Waals surface area contributed by atoms with Gasteiger partial charge in [0.05, 0.1) is 6.10 Å². The first-order valence-corrected chi connectivity index (χ1v) is 6.01. The molecule has 3 heteroatoms. The zero-order valence-corrected chi connectivity index (χ0v) is 10.1. The van der Waals surface area contributed by atoms with Crippen LogP contribution in [0.1, 0.15) is 30.9 Å². The molecule has 0 amide bonds. The molecule has 1 aromatic rings. The van der Waals surface area contributed by atoms with E-state index in [1.807, 2.05) is 12.4 Å². The molecule has 2 unspecified atom stereocenters. The molecule has 1 aliphatic heterocycles. The van der Waals surface area contributed by atoms with Crippen LogP contribution in [0.3, 0.4) is 0 Å². The van der Waals surface area contributed by atoms with Crippen molar-refractivity contribution in [1.29, 1.82) is 0 Å². The predicted molar refractivity (Wildman–Crippen MR) is 64.2 cm³/mol. The fourth-order valence-electron chi connectivity index (χ4n) is 2.12. The molecule has 1 aromatic heterocycles. The lowest BCUT2D eigenvalue weighted by Crippen LogP contribution is -2.36. The molecule has 1 aliphatic rings. The zero-order chi connectivity index (χ0) is 11.4. The van der Waals surface area contributed by atoms with Crippen LogP contribution < -0.4 is 5.32 Å². The first-order valence-electron chi connectivity index (χ1n) is 6.01. The quantitative estimate of drug-likeness (QED) is 0.843. The highest BCUT2D eigenvalue weighted by Gasteiger charge is 2.21. The Kier molecular flexibility index (Phi) is 3.91. The average molecular weight is 220 g/mol. The predicted octanol–water partition coefficient (Wildman–Crippen LogP) is 2.05. The number of rotatable bonds is 4. The number of aromatic nitrogens is 1. The van der Waals surface area contributed by atoms with E-state index >= 15 is 0 Å². The summed E-state index contributed by atoms with van der Waals surface area (Å²) in [6.07, 6.45) is 6.57. The molecule has 0 radical (unpaired) electrons. The van der Waals surface area contributed by atoms with Gasteiger partial charge in [0.25, 0.3) is 0 Å². The number of nitrogens with zero attached hydrogens (tertiary/aromatic N) is 1. The van der Waals surface area contributed by atoms with Gasteiger partial charge in [0.2, 0.25) is 0 Å². The lowest BCUT2D eigenvalue weighted by atomic mass is 10.1. The van der Waals surface area contributed by atoms with Crippen molar-refractivity contribution in [2.24, 2.45) is 0 Å². The Labute approximate surface area is 97.2 Å². The monoisotopic (exact) mass is 220 g/mol. The third kappa shape index (κ3) is 3.03. The van der Waals surface area contributed by atoms with Crippen LogP contribution in [0.25, 0.3) is 0 Å². The van der Waals surface area contributed by atoms with Crippen LogP contribution in [0.2, 0.25) is 0 Å². The van der Waals surface area contributed by atoms with Crippen LogP contribution >= 0.6 is 0 Å². The summed E-state index contributed by atoms with van der Waals surface area (Å²) in [4.78, 5) is 4.19. The molecule has 0 aliphatic carbocycles. The molecule has 1 fully saturated rings. The molecular formula is C13H20N2O. The smallest absolute Gasteiger partial charge is 0.0726 e. The number of aryl methyl sites for hydroxylation is 1. The summed E-state index contributed by atoms with van der Waals surface area (Å²) in [5, 5.41) is 3.50. The molecule has 0 spiro atoms. The molecule has 2 rings (SSSR count). The van der Waals surface area contributed by atoms with E-state index in [1.54, 1.807) is 0 Å². The molecule has 88 valence electrons. The first kappa shape index (κ1) is 11.6. The topological polar surface area (TPSA) is 34.2 Å². The molecule has 1 N–H and O–H groups in total. The number of nitrogens with one attached hydrogen (secondary N) is 1. The van der Waals surface area contributed by atoms with E-state index in [2.05, 4.69) is 30.2 Å². The minimum absolute atomic E-state index is 0.387. The fraction of sp³-hybridized carbons (Fsp3) is 0.615. The number of pyridine rings is 1. The van der Waals surface area contributed by atoms with Crippen molar-refractivity contribution in [2.45, 2.75) is 45.4 Å². The fourth-order valence-corrected chi connectivity index (χ4v) is 2.12. The number of ether oxygens (including phenoxy) is 1.